The van der Waals surface area contributed by atoms with E-state index >= 15 is 0 Å². The highest BCUT2D eigenvalue weighted by Gasteiger charge is 2.14. The summed E-state index contributed by atoms with van der Waals surface area (Å²) in [6, 6.07) is 10.0. The highest BCUT2D eigenvalue weighted by molar-refractivity contribution is 5.90. The molecule has 0 spiro atoms. The van der Waals surface area contributed by atoms with Gasteiger partial charge in [0.1, 0.15) is 5.82 Å². The number of hydrogen-bond acceptors (Lipinski definition) is 5. The number of anilines is 4. The van der Waals surface area contributed by atoms with Crippen LogP contribution < -0.4 is 16.0 Å². The summed E-state index contributed by atoms with van der Waals surface area (Å²) < 4.78 is 0. The number of aromatic nitrogens is 2. The van der Waals surface area contributed by atoms with Gasteiger partial charge in [-0.2, -0.15) is 4.98 Å². The maximum atomic E-state index is 11.4. The van der Waals surface area contributed by atoms with Gasteiger partial charge in [0.15, 0.2) is 0 Å². The number of amides is 1. The normalized spacial score (nSPS) is 14.7. The van der Waals surface area contributed by atoms with E-state index in [1.54, 1.807) is 0 Å². The van der Waals surface area contributed by atoms with Gasteiger partial charge < -0.3 is 16.0 Å². The van der Waals surface area contributed by atoms with E-state index in [0.717, 1.165) is 22.9 Å². The fourth-order valence-corrected chi connectivity index (χ4v) is 3.16. The van der Waals surface area contributed by atoms with Crippen molar-refractivity contribution in [2.45, 2.75) is 58.4 Å². The Balaban J connectivity index is 1.66. The zero-order valence-corrected chi connectivity index (χ0v) is 15.5. The molecule has 0 saturated heterocycles. The van der Waals surface area contributed by atoms with Gasteiger partial charge in [-0.1, -0.05) is 26.2 Å². The summed E-state index contributed by atoms with van der Waals surface area (Å²) in [5, 5.41) is 9.63. The van der Waals surface area contributed by atoms with Crippen LogP contribution in [0.15, 0.2) is 30.3 Å². The highest BCUT2D eigenvalue weighted by atomic mass is 16.1. The van der Waals surface area contributed by atoms with E-state index in [0.29, 0.717) is 18.4 Å². The van der Waals surface area contributed by atoms with Crippen molar-refractivity contribution in [3.05, 3.63) is 36.0 Å². The number of nitrogens with zero attached hydrogens (tertiary/aromatic N) is 2. The van der Waals surface area contributed by atoms with Gasteiger partial charge in [0.05, 0.1) is 0 Å². The molecule has 1 aliphatic rings. The first-order chi connectivity index (χ1) is 12.6. The second-order valence-electron chi connectivity index (χ2n) is 6.80. The molecule has 0 atom stereocenters. The molecule has 6 nitrogen and oxygen atoms in total. The second-order valence-corrected chi connectivity index (χ2v) is 6.80. The molecule has 0 bridgehead atoms. The van der Waals surface area contributed by atoms with Crippen LogP contribution in [-0.4, -0.2) is 21.9 Å². The number of aryl methyl sites for hydroxylation is 1. The highest BCUT2D eigenvalue weighted by Crippen LogP contribution is 2.22. The van der Waals surface area contributed by atoms with Crippen molar-refractivity contribution in [3.63, 3.8) is 0 Å². The SMILES string of the molecule is CCC(=O)Nc1ccc(Nc2cc(C)nc(NC3CCCCC3)n2)cc1. The van der Waals surface area contributed by atoms with Crippen molar-refractivity contribution in [3.8, 4) is 0 Å². The number of carbonyl (C=O) groups is 1. The molecule has 1 aromatic carbocycles. The van der Waals surface area contributed by atoms with Crippen LogP contribution in [0, 0.1) is 6.92 Å². The molecule has 3 N–H and O–H groups in total. The first-order valence-electron chi connectivity index (χ1n) is 9.41. The molecule has 3 rings (SSSR count). The van der Waals surface area contributed by atoms with Gasteiger partial charge in [-0.05, 0) is 44.0 Å². The van der Waals surface area contributed by atoms with Crippen LogP contribution in [0.25, 0.3) is 0 Å². The van der Waals surface area contributed by atoms with Crippen LogP contribution in [0.5, 0.6) is 0 Å². The molecule has 0 radical (unpaired) electrons. The Kier molecular flexibility index (Phi) is 6.04. The fourth-order valence-electron chi connectivity index (χ4n) is 3.16. The third-order valence-electron chi connectivity index (χ3n) is 4.55. The average Bonchev–Trinajstić information content (AvgIpc) is 2.63. The van der Waals surface area contributed by atoms with Crippen molar-refractivity contribution in [2.75, 3.05) is 16.0 Å². The van der Waals surface area contributed by atoms with Crippen LogP contribution in [0.1, 0.15) is 51.1 Å². The van der Waals surface area contributed by atoms with Gasteiger partial charge in [0, 0.05) is 35.6 Å². The number of benzene rings is 1. The van der Waals surface area contributed by atoms with Gasteiger partial charge in [-0.15, -0.1) is 0 Å². The minimum Gasteiger partial charge on any atom is -0.351 e. The molecule has 1 aliphatic carbocycles. The van der Waals surface area contributed by atoms with E-state index in [-0.39, 0.29) is 5.91 Å². The van der Waals surface area contributed by atoms with Gasteiger partial charge in [-0.25, -0.2) is 4.98 Å². The molecule has 1 fully saturated rings. The Bertz CT molecular complexity index is 738. The second kappa shape index (κ2) is 8.65. The van der Waals surface area contributed by atoms with Crippen molar-refractivity contribution >= 4 is 29.0 Å². The predicted molar refractivity (Wildman–Crippen MR) is 106 cm³/mol. The van der Waals surface area contributed by atoms with E-state index in [9.17, 15) is 4.79 Å². The van der Waals surface area contributed by atoms with E-state index in [4.69, 9.17) is 0 Å². The third kappa shape index (κ3) is 5.18. The number of carbonyl (C=O) groups excluding carboxylic acids is 1. The summed E-state index contributed by atoms with van der Waals surface area (Å²) in [6.07, 6.45) is 6.71. The minimum atomic E-state index is 0.00978. The van der Waals surface area contributed by atoms with Crippen LogP contribution in [0.4, 0.5) is 23.1 Å². The standard InChI is InChI=1S/C20H27N5O/c1-3-19(26)23-17-11-9-16(10-12-17)22-18-13-14(2)21-20(25-18)24-15-7-5-4-6-8-15/h9-13,15H,3-8H2,1-2H3,(H,23,26)(H2,21,22,24,25). The summed E-state index contributed by atoms with van der Waals surface area (Å²) in [5.74, 6) is 1.46. The van der Waals surface area contributed by atoms with Crippen molar-refractivity contribution < 1.29 is 4.79 Å². The molecule has 1 heterocycles. The molecule has 1 saturated carbocycles. The lowest BCUT2D eigenvalue weighted by atomic mass is 9.96. The Hall–Kier alpha value is -2.63. The van der Waals surface area contributed by atoms with E-state index in [1.807, 2.05) is 44.2 Å². The summed E-state index contributed by atoms with van der Waals surface area (Å²) in [5.41, 5.74) is 2.63. The molecule has 0 aliphatic heterocycles. The van der Waals surface area contributed by atoms with E-state index < -0.39 is 0 Å². The van der Waals surface area contributed by atoms with Crippen molar-refractivity contribution in [1.82, 2.24) is 9.97 Å². The quantitative estimate of drug-likeness (QED) is 0.706. The lowest BCUT2D eigenvalue weighted by molar-refractivity contribution is -0.115. The van der Waals surface area contributed by atoms with E-state index in [2.05, 4.69) is 25.9 Å². The van der Waals surface area contributed by atoms with Gasteiger partial charge >= 0.3 is 0 Å². The van der Waals surface area contributed by atoms with Gasteiger partial charge in [0.2, 0.25) is 11.9 Å². The monoisotopic (exact) mass is 353 g/mol. The Morgan fingerprint density at radius 3 is 2.46 bits per heavy atom. The summed E-state index contributed by atoms with van der Waals surface area (Å²) in [7, 11) is 0. The molecular formula is C20H27N5O. The molecule has 138 valence electrons. The summed E-state index contributed by atoms with van der Waals surface area (Å²) >= 11 is 0. The Morgan fingerprint density at radius 2 is 1.77 bits per heavy atom. The molecule has 6 heteroatoms. The van der Waals surface area contributed by atoms with Crippen molar-refractivity contribution in [1.29, 1.82) is 0 Å². The fraction of sp³-hybridized carbons (Fsp3) is 0.450. The van der Waals surface area contributed by atoms with Crippen LogP contribution >= 0.6 is 0 Å². The first kappa shape index (κ1) is 18.2. The first-order valence-corrected chi connectivity index (χ1v) is 9.41. The van der Waals surface area contributed by atoms with Gasteiger partial charge in [-0.3, -0.25) is 4.79 Å². The van der Waals surface area contributed by atoms with Crippen molar-refractivity contribution in [2.24, 2.45) is 0 Å². The third-order valence-corrected chi connectivity index (χ3v) is 4.55. The zero-order chi connectivity index (χ0) is 18.4. The average molecular weight is 353 g/mol. The number of rotatable bonds is 6. The smallest absolute Gasteiger partial charge is 0.225 e. The summed E-state index contributed by atoms with van der Waals surface area (Å²) in [4.78, 5) is 20.6. The van der Waals surface area contributed by atoms with Crippen LogP contribution in [0.3, 0.4) is 0 Å². The summed E-state index contributed by atoms with van der Waals surface area (Å²) in [6.45, 7) is 3.81. The molecular weight excluding hydrogens is 326 g/mol. The Morgan fingerprint density at radius 1 is 1.08 bits per heavy atom. The minimum absolute atomic E-state index is 0.00978. The lowest BCUT2D eigenvalue weighted by Gasteiger charge is -2.23. The molecule has 0 unspecified atom stereocenters. The molecule has 1 amide bonds. The van der Waals surface area contributed by atoms with Crippen LogP contribution in [-0.2, 0) is 4.79 Å². The maximum Gasteiger partial charge on any atom is 0.225 e. The molecule has 2 aromatic rings. The molecule has 1 aromatic heterocycles. The van der Waals surface area contributed by atoms with E-state index in [1.165, 1.54) is 32.1 Å². The Labute approximate surface area is 154 Å². The zero-order valence-electron chi connectivity index (χ0n) is 15.5. The van der Waals surface area contributed by atoms with Crippen LogP contribution in [0.2, 0.25) is 0 Å². The lowest BCUT2D eigenvalue weighted by Crippen LogP contribution is -2.23. The number of hydrogen-bond donors (Lipinski definition) is 3. The predicted octanol–water partition coefficient (Wildman–Crippen LogP) is 4.62. The maximum absolute atomic E-state index is 11.4. The number of nitrogens with one attached hydrogen (secondary N) is 3. The topological polar surface area (TPSA) is 78.9 Å². The largest absolute Gasteiger partial charge is 0.351 e. The van der Waals surface area contributed by atoms with Gasteiger partial charge in [0.25, 0.3) is 0 Å². The molecule has 26 heavy (non-hydrogen) atoms.